The first-order valence-corrected chi connectivity index (χ1v) is 13.4. The third-order valence-corrected chi connectivity index (χ3v) is 8.09. The molecule has 0 bridgehead atoms. The van der Waals surface area contributed by atoms with Crippen molar-refractivity contribution in [3.05, 3.63) is 71.5 Å². The highest BCUT2D eigenvalue weighted by molar-refractivity contribution is 5.98. The number of benzene rings is 2. The summed E-state index contributed by atoms with van der Waals surface area (Å²) < 4.78 is 5.30. The average Bonchev–Trinajstić information content (AvgIpc) is 3.32. The molecule has 1 amide bonds. The highest BCUT2D eigenvalue weighted by Gasteiger charge is 2.31. The lowest BCUT2D eigenvalue weighted by atomic mass is 9.97. The molecule has 7 nitrogen and oxygen atoms in total. The number of ether oxygens (including phenoxy) is 1. The third kappa shape index (κ3) is 4.46. The second-order valence-corrected chi connectivity index (χ2v) is 10.7. The molecule has 0 atom stereocenters. The van der Waals surface area contributed by atoms with Gasteiger partial charge in [0.25, 0.3) is 5.91 Å². The topological polar surface area (TPSA) is 64.7 Å². The Kier molecular flexibility index (Phi) is 6.41. The van der Waals surface area contributed by atoms with E-state index in [1.165, 1.54) is 22.4 Å². The molecular weight excluding hydrogens is 474 g/mol. The molecular formula is C31H35N5O2. The zero-order chi connectivity index (χ0) is 26.4. The van der Waals surface area contributed by atoms with Gasteiger partial charge in [-0.1, -0.05) is 12.1 Å². The molecule has 2 aromatic heterocycles. The van der Waals surface area contributed by atoms with E-state index in [2.05, 4.69) is 53.9 Å². The number of pyridine rings is 1. The number of fused-ring (bicyclic) bond motifs is 1. The Hall–Kier alpha value is -3.68. The standard InChI is InChI=1S/C31H35N5O2/c1-20-13-24(14-21(2)29(20)35-11-9-34(3)10-12-35)25-15-27-28(17-33-30(27)32-16-25)22-5-7-23(8-6-22)31(37)36-18-26(19-36)38-4/h5-8,13-17,26H,9-12,18-19H2,1-4H3,(H,32,33). The van der Waals surface area contributed by atoms with E-state index in [4.69, 9.17) is 9.72 Å². The summed E-state index contributed by atoms with van der Waals surface area (Å²) in [4.78, 5) is 27.5. The number of aromatic amines is 1. The SMILES string of the molecule is COC1CN(C(=O)c2ccc(-c3c[nH]c4ncc(-c5cc(C)c(N6CCN(C)CC6)c(C)c5)cc34)cc2)C1. The number of amides is 1. The molecule has 0 saturated carbocycles. The van der Waals surface area contributed by atoms with Crippen LogP contribution in [0.4, 0.5) is 5.69 Å². The van der Waals surface area contributed by atoms with E-state index < -0.39 is 0 Å². The van der Waals surface area contributed by atoms with Crippen molar-refractivity contribution < 1.29 is 9.53 Å². The normalized spacial score (nSPS) is 16.7. The summed E-state index contributed by atoms with van der Waals surface area (Å²) in [5, 5.41) is 1.07. The Balaban J connectivity index is 1.27. The van der Waals surface area contributed by atoms with Gasteiger partial charge in [0, 0.05) is 86.5 Å². The van der Waals surface area contributed by atoms with Gasteiger partial charge in [-0.25, -0.2) is 4.98 Å². The lowest BCUT2D eigenvalue weighted by Crippen LogP contribution is -2.54. The number of nitrogens with zero attached hydrogens (tertiary/aromatic N) is 4. The van der Waals surface area contributed by atoms with Crippen molar-refractivity contribution in [2.24, 2.45) is 0 Å². The number of hydrogen-bond donors (Lipinski definition) is 1. The van der Waals surface area contributed by atoms with Crippen molar-refractivity contribution in [1.82, 2.24) is 19.8 Å². The van der Waals surface area contributed by atoms with Crippen LogP contribution in [0, 0.1) is 13.8 Å². The molecule has 1 N–H and O–H groups in total. The number of nitrogens with one attached hydrogen (secondary N) is 1. The van der Waals surface area contributed by atoms with Crippen molar-refractivity contribution in [2.75, 3.05) is 58.3 Å². The Labute approximate surface area is 224 Å². The fourth-order valence-corrected chi connectivity index (χ4v) is 5.78. The predicted octanol–water partition coefficient (Wildman–Crippen LogP) is 4.74. The third-order valence-electron chi connectivity index (χ3n) is 8.09. The number of carbonyl (C=O) groups is 1. The lowest BCUT2D eigenvalue weighted by Gasteiger charge is -2.38. The second kappa shape index (κ2) is 9.89. The molecule has 196 valence electrons. The Morgan fingerprint density at radius 3 is 2.29 bits per heavy atom. The van der Waals surface area contributed by atoms with Crippen molar-refractivity contribution in [2.45, 2.75) is 20.0 Å². The van der Waals surface area contributed by atoms with Crippen LogP contribution in [0.25, 0.3) is 33.3 Å². The van der Waals surface area contributed by atoms with E-state index in [9.17, 15) is 4.79 Å². The van der Waals surface area contributed by atoms with Crippen LogP contribution in [-0.4, -0.2) is 85.2 Å². The minimum absolute atomic E-state index is 0.0542. The number of aromatic nitrogens is 2. The van der Waals surface area contributed by atoms with Gasteiger partial charge in [0.2, 0.25) is 0 Å². The van der Waals surface area contributed by atoms with E-state index in [1.807, 2.05) is 41.6 Å². The molecule has 7 heteroatoms. The van der Waals surface area contributed by atoms with E-state index in [0.717, 1.165) is 53.9 Å². The summed E-state index contributed by atoms with van der Waals surface area (Å²) in [7, 11) is 3.88. The van der Waals surface area contributed by atoms with Crippen molar-refractivity contribution in [3.63, 3.8) is 0 Å². The fraction of sp³-hybridized carbons (Fsp3) is 0.355. The van der Waals surface area contributed by atoms with Gasteiger partial charge in [0.05, 0.1) is 6.10 Å². The molecule has 0 unspecified atom stereocenters. The molecule has 4 aromatic rings. The lowest BCUT2D eigenvalue weighted by molar-refractivity contribution is -0.0191. The van der Waals surface area contributed by atoms with Crippen LogP contribution < -0.4 is 4.90 Å². The van der Waals surface area contributed by atoms with Gasteiger partial charge >= 0.3 is 0 Å². The quantitative estimate of drug-likeness (QED) is 0.421. The van der Waals surface area contributed by atoms with Gasteiger partial charge in [-0.05, 0) is 73.5 Å². The number of carbonyl (C=O) groups excluding carboxylic acids is 1. The van der Waals surface area contributed by atoms with Crippen LogP contribution in [0.15, 0.2) is 54.9 Å². The predicted molar refractivity (Wildman–Crippen MR) is 153 cm³/mol. The summed E-state index contributed by atoms with van der Waals surface area (Å²) in [5.74, 6) is 0.0542. The molecule has 0 spiro atoms. The second-order valence-electron chi connectivity index (χ2n) is 10.7. The summed E-state index contributed by atoms with van der Waals surface area (Å²) in [6, 6.07) is 14.7. The molecule has 2 aromatic carbocycles. The van der Waals surface area contributed by atoms with E-state index >= 15 is 0 Å². The summed E-state index contributed by atoms with van der Waals surface area (Å²) in [5.41, 5.74) is 9.96. The van der Waals surface area contributed by atoms with Crippen molar-refractivity contribution in [1.29, 1.82) is 0 Å². The number of anilines is 1. The van der Waals surface area contributed by atoms with Crippen LogP contribution in [0.3, 0.4) is 0 Å². The van der Waals surface area contributed by atoms with E-state index in [1.54, 1.807) is 7.11 Å². The van der Waals surface area contributed by atoms with Gasteiger partial charge in [0.1, 0.15) is 5.65 Å². The number of likely N-dealkylation sites (tertiary alicyclic amines) is 1. The van der Waals surface area contributed by atoms with Gasteiger partial charge in [-0.15, -0.1) is 0 Å². The van der Waals surface area contributed by atoms with E-state index in [-0.39, 0.29) is 12.0 Å². The summed E-state index contributed by atoms with van der Waals surface area (Å²) in [6.07, 6.45) is 4.11. The molecule has 2 fully saturated rings. The molecule has 4 heterocycles. The smallest absolute Gasteiger partial charge is 0.254 e. The largest absolute Gasteiger partial charge is 0.378 e. The number of hydrogen-bond acceptors (Lipinski definition) is 5. The molecule has 6 rings (SSSR count). The maximum Gasteiger partial charge on any atom is 0.254 e. The van der Waals surface area contributed by atoms with Gasteiger partial charge in [0.15, 0.2) is 0 Å². The van der Waals surface area contributed by atoms with Crippen LogP contribution in [0.2, 0.25) is 0 Å². The molecule has 2 saturated heterocycles. The zero-order valence-corrected chi connectivity index (χ0v) is 22.6. The van der Waals surface area contributed by atoms with Gasteiger partial charge < -0.3 is 24.4 Å². The molecule has 38 heavy (non-hydrogen) atoms. The van der Waals surface area contributed by atoms with E-state index in [0.29, 0.717) is 18.7 Å². The average molecular weight is 510 g/mol. The molecule has 2 aliphatic heterocycles. The number of likely N-dealkylation sites (N-methyl/N-ethyl adjacent to an activating group) is 1. The Morgan fingerprint density at radius 1 is 0.947 bits per heavy atom. The van der Waals surface area contributed by atoms with Gasteiger partial charge in [-0.3, -0.25) is 4.79 Å². The maximum atomic E-state index is 12.7. The van der Waals surface area contributed by atoms with Gasteiger partial charge in [-0.2, -0.15) is 0 Å². The van der Waals surface area contributed by atoms with Crippen LogP contribution >= 0.6 is 0 Å². The van der Waals surface area contributed by atoms with Crippen molar-refractivity contribution >= 4 is 22.6 Å². The first-order valence-electron chi connectivity index (χ1n) is 13.4. The van der Waals surface area contributed by atoms with Crippen LogP contribution in [0.5, 0.6) is 0 Å². The summed E-state index contributed by atoms with van der Waals surface area (Å²) in [6.45, 7) is 10.1. The number of methoxy groups -OCH3 is 1. The number of rotatable bonds is 5. The number of piperazine rings is 1. The first kappa shape index (κ1) is 24.6. The Bertz CT molecular complexity index is 1460. The highest BCUT2D eigenvalue weighted by atomic mass is 16.5. The van der Waals surface area contributed by atoms with Crippen LogP contribution in [-0.2, 0) is 4.74 Å². The first-order chi connectivity index (χ1) is 18.4. The Morgan fingerprint density at radius 2 is 1.63 bits per heavy atom. The minimum Gasteiger partial charge on any atom is -0.378 e. The fourth-order valence-electron chi connectivity index (χ4n) is 5.78. The van der Waals surface area contributed by atoms with Crippen LogP contribution in [0.1, 0.15) is 21.5 Å². The highest BCUT2D eigenvalue weighted by Crippen LogP contribution is 2.35. The molecule has 0 aliphatic carbocycles. The molecule has 0 radical (unpaired) electrons. The maximum absolute atomic E-state index is 12.7. The zero-order valence-electron chi connectivity index (χ0n) is 22.6. The van der Waals surface area contributed by atoms with Crippen molar-refractivity contribution in [3.8, 4) is 22.3 Å². The monoisotopic (exact) mass is 509 g/mol. The summed E-state index contributed by atoms with van der Waals surface area (Å²) >= 11 is 0. The number of aryl methyl sites for hydroxylation is 2. The molecule has 2 aliphatic rings. The minimum atomic E-state index is 0.0542. The number of H-pyrrole nitrogens is 1.